The second kappa shape index (κ2) is 8.08. The molecule has 0 bridgehead atoms. The van der Waals surface area contributed by atoms with Crippen molar-refractivity contribution in [2.24, 2.45) is 0 Å². The van der Waals surface area contributed by atoms with Crippen LogP contribution in [0.15, 0.2) is 18.2 Å². The maximum atomic E-state index is 13.9. The Morgan fingerprint density at radius 3 is 2.32 bits per heavy atom. The third-order valence-corrected chi connectivity index (χ3v) is 3.62. The van der Waals surface area contributed by atoms with E-state index in [4.69, 9.17) is 0 Å². The van der Waals surface area contributed by atoms with Crippen LogP contribution in [0.4, 0.5) is 22.0 Å². The number of piperazine rings is 1. The Kier molecular flexibility index (Phi) is 7.02. The maximum absolute atomic E-state index is 13.9. The molecule has 0 saturated carbocycles. The van der Waals surface area contributed by atoms with Gasteiger partial charge in [-0.2, -0.15) is 13.2 Å². The molecule has 1 saturated heterocycles. The number of nitrogens with zero attached hydrogens (tertiary/aromatic N) is 1. The molecule has 1 fully saturated rings. The monoisotopic (exact) mass is 344 g/mol. The topological polar surface area (TPSA) is 15.3 Å². The smallest absolute Gasteiger partial charge is 0.314 e. The first-order valence-corrected chi connectivity index (χ1v) is 6.83. The van der Waals surface area contributed by atoms with Gasteiger partial charge in [0, 0.05) is 50.3 Å². The van der Waals surface area contributed by atoms with Crippen molar-refractivity contribution in [1.82, 2.24) is 10.2 Å². The van der Waals surface area contributed by atoms with Crippen molar-refractivity contribution >= 4 is 12.4 Å². The van der Waals surface area contributed by atoms with Gasteiger partial charge in [-0.05, 0) is 12.5 Å². The van der Waals surface area contributed by atoms with E-state index in [1.54, 1.807) is 0 Å². The molecule has 1 aliphatic heterocycles. The zero-order chi connectivity index (χ0) is 15.5. The molecule has 2 nitrogen and oxygen atoms in total. The van der Waals surface area contributed by atoms with E-state index in [1.165, 1.54) is 6.07 Å². The Balaban J connectivity index is 0.00000242. The summed E-state index contributed by atoms with van der Waals surface area (Å²) in [6.45, 7) is 2.37. The summed E-state index contributed by atoms with van der Waals surface area (Å²) >= 11 is 0. The average molecular weight is 345 g/mol. The molecule has 1 aromatic rings. The molecule has 1 atom stereocenters. The van der Waals surface area contributed by atoms with E-state index in [1.807, 2.05) is 4.90 Å². The van der Waals surface area contributed by atoms with E-state index in [0.29, 0.717) is 26.2 Å². The number of halogens is 6. The lowest BCUT2D eigenvalue weighted by Gasteiger charge is -2.35. The second-order valence-corrected chi connectivity index (χ2v) is 5.12. The highest BCUT2D eigenvalue weighted by molar-refractivity contribution is 5.85. The molecule has 1 aliphatic rings. The molecule has 1 N–H and O–H groups in total. The predicted octanol–water partition coefficient (Wildman–Crippen LogP) is 3.68. The minimum Gasteiger partial charge on any atom is -0.314 e. The van der Waals surface area contributed by atoms with E-state index < -0.39 is 30.3 Å². The molecule has 1 heterocycles. The van der Waals surface area contributed by atoms with Gasteiger partial charge in [0.05, 0.1) is 0 Å². The zero-order valence-corrected chi connectivity index (χ0v) is 12.6. The van der Waals surface area contributed by atoms with Gasteiger partial charge in [-0.1, -0.05) is 6.07 Å². The van der Waals surface area contributed by atoms with Gasteiger partial charge >= 0.3 is 6.18 Å². The van der Waals surface area contributed by atoms with E-state index in [-0.39, 0.29) is 24.4 Å². The Hall–Kier alpha value is -0.920. The van der Waals surface area contributed by atoms with Crippen LogP contribution in [0.1, 0.15) is 24.4 Å². The summed E-state index contributed by atoms with van der Waals surface area (Å²) in [7, 11) is 0. The summed E-state index contributed by atoms with van der Waals surface area (Å²) in [6, 6.07) is 2.36. The number of benzene rings is 1. The molecular formula is C14H18ClF5N2. The lowest BCUT2D eigenvalue weighted by Crippen LogP contribution is -2.45. The number of alkyl halides is 3. The van der Waals surface area contributed by atoms with Gasteiger partial charge < -0.3 is 5.32 Å². The third kappa shape index (κ3) is 5.37. The van der Waals surface area contributed by atoms with Crippen LogP contribution in [0.25, 0.3) is 0 Å². The van der Waals surface area contributed by atoms with Crippen LogP contribution >= 0.6 is 12.4 Å². The molecule has 126 valence electrons. The molecule has 0 spiro atoms. The molecule has 0 unspecified atom stereocenters. The summed E-state index contributed by atoms with van der Waals surface area (Å²) in [4.78, 5) is 1.82. The fourth-order valence-corrected chi connectivity index (χ4v) is 2.60. The molecular weight excluding hydrogens is 327 g/mol. The molecule has 2 rings (SSSR count). The van der Waals surface area contributed by atoms with Crippen LogP contribution in [0, 0.1) is 11.6 Å². The highest BCUT2D eigenvalue weighted by atomic mass is 35.5. The summed E-state index contributed by atoms with van der Waals surface area (Å²) < 4.78 is 64.3. The Labute approximate surface area is 132 Å². The zero-order valence-electron chi connectivity index (χ0n) is 11.8. The standard InChI is InChI=1S/C14H17F5N2.ClH/c15-10-1-2-11(12(16)9-10)13(3-4-14(17,18)19)21-7-5-20-6-8-21;/h1-2,9,13,20H,3-8H2;1H/t13-;/m1./s1. The molecule has 8 heteroatoms. The quantitative estimate of drug-likeness (QED) is 0.838. The van der Waals surface area contributed by atoms with Crippen LogP contribution in [0.5, 0.6) is 0 Å². The minimum atomic E-state index is -4.29. The fourth-order valence-electron chi connectivity index (χ4n) is 2.60. The van der Waals surface area contributed by atoms with Gasteiger partial charge in [-0.25, -0.2) is 8.78 Å². The first-order valence-electron chi connectivity index (χ1n) is 6.83. The van der Waals surface area contributed by atoms with E-state index in [2.05, 4.69) is 5.32 Å². The number of nitrogens with one attached hydrogen (secondary N) is 1. The van der Waals surface area contributed by atoms with Crippen molar-refractivity contribution in [1.29, 1.82) is 0 Å². The van der Waals surface area contributed by atoms with Gasteiger partial charge in [-0.3, -0.25) is 4.90 Å². The third-order valence-electron chi connectivity index (χ3n) is 3.62. The largest absolute Gasteiger partial charge is 0.389 e. The Morgan fingerprint density at radius 2 is 1.77 bits per heavy atom. The van der Waals surface area contributed by atoms with Gasteiger partial charge in [0.1, 0.15) is 11.6 Å². The average Bonchev–Trinajstić information content (AvgIpc) is 2.41. The second-order valence-electron chi connectivity index (χ2n) is 5.12. The van der Waals surface area contributed by atoms with Gasteiger partial charge in [0.25, 0.3) is 0 Å². The summed E-state index contributed by atoms with van der Waals surface area (Å²) in [5, 5.41) is 3.10. The molecule has 0 aliphatic carbocycles. The summed E-state index contributed by atoms with van der Waals surface area (Å²) in [5.74, 6) is -1.52. The molecule has 0 aromatic heterocycles. The van der Waals surface area contributed by atoms with Crippen molar-refractivity contribution in [3.8, 4) is 0 Å². The molecule has 22 heavy (non-hydrogen) atoms. The van der Waals surface area contributed by atoms with Crippen LogP contribution < -0.4 is 5.32 Å². The Bertz CT molecular complexity index is 475. The van der Waals surface area contributed by atoms with Gasteiger partial charge in [-0.15, -0.1) is 12.4 Å². The van der Waals surface area contributed by atoms with Crippen LogP contribution in [0.3, 0.4) is 0 Å². The summed E-state index contributed by atoms with van der Waals surface area (Å²) in [6.07, 6.45) is -5.51. The van der Waals surface area contributed by atoms with Gasteiger partial charge in [0.2, 0.25) is 0 Å². The predicted molar refractivity (Wildman–Crippen MR) is 76.1 cm³/mol. The first kappa shape index (κ1) is 19.1. The van der Waals surface area contributed by atoms with E-state index in [9.17, 15) is 22.0 Å². The van der Waals surface area contributed by atoms with Crippen LogP contribution in [0.2, 0.25) is 0 Å². The normalized spacial score (nSPS) is 17.9. The van der Waals surface area contributed by atoms with Crippen molar-refractivity contribution in [2.45, 2.75) is 25.1 Å². The first-order chi connectivity index (χ1) is 9.87. The molecule has 1 aromatic carbocycles. The van der Waals surface area contributed by atoms with Crippen molar-refractivity contribution in [3.63, 3.8) is 0 Å². The lowest BCUT2D eigenvalue weighted by atomic mass is 9.98. The van der Waals surface area contributed by atoms with Crippen LogP contribution in [-0.2, 0) is 0 Å². The van der Waals surface area contributed by atoms with Crippen molar-refractivity contribution in [2.75, 3.05) is 26.2 Å². The number of rotatable bonds is 4. The van der Waals surface area contributed by atoms with Gasteiger partial charge in [0.15, 0.2) is 0 Å². The number of hydrogen-bond donors (Lipinski definition) is 1. The molecule has 0 radical (unpaired) electrons. The van der Waals surface area contributed by atoms with Crippen LogP contribution in [-0.4, -0.2) is 37.3 Å². The van der Waals surface area contributed by atoms with Crippen molar-refractivity contribution < 1.29 is 22.0 Å². The Morgan fingerprint density at radius 1 is 1.14 bits per heavy atom. The fraction of sp³-hybridized carbons (Fsp3) is 0.571. The minimum absolute atomic E-state index is 0. The summed E-state index contributed by atoms with van der Waals surface area (Å²) in [5.41, 5.74) is 0.127. The SMILES string of the molecule is Cl.Fc1ccc([C@@H](CCC(F)(F)F)N2CCNCC2)c(F)c1. The van der Waals surface area contributed by atoms with E-state index >= 15 is 0 Å². The number of hydrogen-bond acceptors (Lipinski definition) is 2. The highest BCUT2D eigenvalue weighted by Crippen LogP contribution is 2.33. The van der Waals surface area contributed by atoms with E-state index in [0.717, 1.165) is 12.1 Å². The lowest BCUT2D eigenvalue weighted by molar-refractivity contribution is -0.138. The highest BCUT2D eigenvalue weighted by Gasteiger charge is 2.32. The maximum Gasteiger partial charge on any atom is 0.389 e. The molecule has 0 amide bonds. The van der Waals surface area contributed by atoms with Crippen molar-refractivity contribution in [3.05, 3.63) is 35.4 Å².